The zero-order valence-corrected chi connectivity index (χ0v) is 41.3. The van der Waals surface area contributed by atoms with Gasteiger partial charge in [-0.15, -0.1) is 25.7 Å². The third kappa shape index (κ3) is 15.7. The van der Waals surface area contributed by atoms with Crippen molar-refractivity contribution in [3.05, 3.63) is 83.9 Å². The molecule has 4 aromatic carbocycles. The minimum absolute atomic E-state index is 0.0151. The van der Waals surface area contributed by atoms with Gasteiger partial charge in [-0.1, -0.05) is 24.3 Å². The Morgan fingerprint density at radius 3 is 1.13 bits per heavy atom. The molecule has 5 N–H and O–H groups in total. The summed E-state index contributed by atoms with van der Waals surface area (Å²) in [6.07, 6.45) is 21.0. The van der Waals surface area contributed by atoms with E-state index in [1.165, 1.54) is 0 Å². The number of hydrogen-bond donors (Lipinski definition) is 3. The number of ether oxygens (including phenoxy) is 6. The molecule has 0 spiro atoms. The van der Waals surface area contributed by atoms with Crippen LogP contribution < -0.4 is 55.8 Å². The molecule has 2 unspecified atom stereocenters. The monoisotopic (exact) mass is 1060 g/mol. The molecule has 2 atom stereocenters. The van der Waals surface area contributed by atoms with Gasteiger partial charge in [0.15, 0.2) is 38.8 Å². The molecular formula is C54H35Cl2N3O6P2Ru+4. The van der Waals surface area contributed by atoms with Crippen LogP contribution in [-0.4, -0.2) is 27.8 Å². The predicted molar refractivity (Wildman–Crippen MR) is 273 cm³/mol. The summed E-state index contributed by atoms with van der Waals surface area (Å²) in [5.74, 6) is 44.2. The molecule has 0 saturated carbocycles. The maximum atomic E-state index is 6.24. The summed E-state index contributed by atoms with van der Waals surface area (Å²) < 4.78 is 33.5. The molecule has 0 radical (unpaired) electrons. The molecule has 0 fully saturated rings. The van der Waals surface area contributed by atoms with E-state index in [9.17, 15) is 0 Å². The first kappa shape index (κ1) is 52.8. The van der Waals surface area contributed by atoms with E-state index in [4.69, 9.17) is 85.0 Å². The van der Waals surface area contributed by atoms with Gasteiger partial charge in [-0.3, -0.25) is 0 Å². The summed E-state index contributed by atoms with van der Waals surface area (Å²) in [5.41, 5.74) is 28.0. The SMILES string of the molecule is C#CC#CC#C[PH+](C#CC#CC#C)c1ccc2c(c1Nc1c([PH+](C#CC#CC#C)C#CC#CC#C)ccc3c1OCO3)OCO2.COc1ccc(C(N)C(N)c2ccc(OC)cc2)cc1.[Cl][Ru+2][Cl]. The van der Waals surface area contributed by atoms with Gasteiger partial charge in [-0.2, -0.15) is 0 Å². The number of hydrogen-bond acceptors (Lipinski definition) is 9. The second kappa shape index (κ2) is 29.7. The van der Waals surface area contributed by atoms with Crippen molar-refractivity contribution in [3.63, 3.8) is 0 Å². The van der Waals surface area contributed by atoms with Crippen molar-refractivity contribution >= 4 is 57.2 Å². The summed E-state index contributed by atoms with van der Waals surface area (Å²) in [6, 6.07) is 22.0. The van der Waals surface area contributed by atoms with Crippen LogP contribution in [0.5, 0.6) is 34.5 Å². The number of methoxy groups -OCH3 is 2. The van der Waals surface area contributed by atoms with Gasteiger partial charge in [0.05, 0.1) is 14.2 Å². The number of nitrogens with one attached hydrogen (secondary N) is 1. The van der Waals surface area contributed by atoms with Gasteiger partial charge < -0.3 is 45.2 Å². The van der Waals surface area contributed by atoms with Gasteiger partial charge in [0.2, 0.25) is 13.6 Å². The fraction of sp³-hybridized carbons (Fsp3) is 0.111. The molecule has 9 nitrogen and oxygen atoms in total. The van der Waals surface area contributed by atoms with Gasteiger partial charge in [0, 0.05) is 59.4 Å². The number of terminal acetylenes is 4. The zero-order chi connectivity index (χ0) is 48.9. The second-order valence-electron chi connectivity index (χ2n) is 12.5. The Balaban J connectivity index is 0.000000363. The van der Waals surface area contributed by atoms with E-state index in [-0.39, 0.29) is 40.8 Å². The summed E-state index contributed by atoms with van der Waals surface area (Å²) >= 11 is -0.346. The molecule has 2 aliphatic rings. The molecule has 68 heavy (non-hydrogen) atoms. The van der Waals surface area contributed by atoms with Gasteiger partial charge in [0.1, 0.15) is 56.1 Å². The van der Waals surface area contributed by atoms with E-state index in [0.717, 1.165) is 33.2 Å². The first-order chi connectivity index (χ1) is 33.3. The minimum atomic E-state index is -2.00. The molecule has 0 aliphatic carbocycles. The Hall–Kier alpha value is -7.82. The van der Waals surface area contributed by atoms with E-state index < -0.39 is 15.8 Å². The van der Waals surface area contributed by atoms with Crippen LogP contribution in [0, 0.1) is 143 Å². The molecule has 6 rings (SSSR count). The number of halogens is 2. The molecule has 2 heterocycles. The van der Waals surface area contributed by atoms with Crippen LogP contribution in [0.3, 0.4) is 0 Å². The Morgan fingerprint density at radius 2 is 0.838 bits per heavy atom. The summed E-state index contributed by atoms with van der Waals surface area (Å²) in [7, 11) is 8.99. The van der Waals surface area contributed by atoms with Crippen LogP contribution in [0.2, 0.25) is 0 Å². The Kier molecular flexibility index (Phi) is 23.0. The van der Waals surface area contributed by atoms with Gasteiger partial charge in [-0.25, -0.2) is 0 Å². The van der Waals surface area contributed by atoms with Crippen molar-refractivity contribution in [1.82, 2.24) is 0 Å². The molecule has 0 saturated heterocycles. The van der Waals surface area contributed by atoms with Crippen molar-refractivity contribution in [2.45, 2.75) is 12.1 Å². The van der Waals surface area contributed by atoms with Gasteiger partial charge >= 0.3 is 34.5 Å². The Morgan fingerprint density at radius 1 is 0.515 bits per heavy atom. The normalized spacial score (nSPS) is 10.6. The van der Waals surface area contributed by atoms with Gasteiger partial charge in [0.25, 0.3) is 0 Å². The summed E-state index contributed by atoms with van der Waals surface area (Å²) in [5, 5.41) is 4.95. The van der Waals surface area contributed by atoms with Crippen LogP contribution in [0.15, 0.2) is 72.8 Å². The van der Waals surface area contributed by atoms with E-state index >= 15 is 0 Å². The number of fused-ring (bicyclic) bond motifs is 2. The number of anilines is 2. The fourth-order valence-corrected chi connectivity index (χ4v) is 8.54. The maximum absolute atomic E-state index is 6.24. The first-order valence-corrected chi connectivity index (χ1v) is 26.6. The third-order valence-electron chi connectivity index (χ3n) is 8.79. The number of rotatable bonds is 9. The topological polar surface area (TPSA) is 119 Å². The van der Waals surface area contributed by atoms with Crippen LogP contribution in [-0.2, 0) is 15.1 Å². The molecule has 0 bridgehead atoms. The summed E-state index contributed by atoms with van der Waals surface area (Å²) in [4.78, 5) is 0. The first-order valence-electron chi connectivity index (χ1n) is 19.2. The van der Waals surface area contributed by atoms with Crippen molar-refractivity contribution in [2.24, 2.45) is 11.5 Å². The standard InChI is InChI=1S/C38H13NO4P2.C16H20N2O2.2ClH.Ru/c1-5-9-13-17-25-44(26-18-14-10-6-2)33-23-21-31-37(42-29-40-31)35(33)39-36-34(24-22-32-38(36)43-30-41-32)45(27-19-15-11-7-3)28-20-16-12-8-4;1-19-13-7-3-11(4-8-13)15(17)16(18)12-5-9-14(20-2)10-6-12;;;/h1-4,21-24,39H,29-30H2;3-10,15-16H,17-18H2,1-2H3;2*1H;/q;;;;+4. The van der Waals surface area contributed by atoms with Gasteiger partial charge in [-0.05, 0) is 107 Å². The van der Waals surface area contributed by atoms with Crippen molar-refractivity contribution in [1.29, 1.82) is 0 Å². The number of nitrogens with two attached hydrogens (primary N) is 2. The van der Waals surface area contributed by atoms with Crippen molar-refractivity contribution < 1.29 is 43.6 Å². The van der Waals surface area contributed by atoms with Crippen LogP contribution in [0.1, 0.15) is 23.2 Å². The molecule has 0 amide bonds. The van der Waals surface area contributed by atoms with Crippen LogP contribution in [0.4, 0.5) is 11.4 Å². The molecule has 330 valence electrons. The fourth-order valence-electron chi connectivity index (χ4n) is 5.78. The quantitative estimate of drug-likeness (QED) is 0.0953. The zero-order valence-electron chi connectivity index (χ0n) is 36.0. The number of benzene rings is 4. The molecule has 2 aliphatic heterocycles. The van der Waals surface area contributed by atoms with Crippen molar-refractivity contribution in [2.75, 3.05) is 33.1 Å². The van der Waals surface area contributed by atoms with E-state index in [0.29, 0.717) is 34.4 Å². The molecule has 4 aromatic rings. The van der Waals surface area contributed by atoms with E-state index in [1.54, 1.807) is 26.4 Å². The summed E-state index contributed by atoms with van der Waals surface area (Å²) in [6.45, 7) is 0.0302. The van der Waals surface area contributed by atoms with Crippen LogP contribution >= 0.6 is 35.2 Å². The molecule has 0 aromatic heterocycles. The predicted octanol–water partition coefficient (Wildman–Crippen LogP) is 6.74. The third-order valence-corrected chi connectivity index (χ3v) is 12.2. The average Bonchev–Trinajstić information content (AvgIpc) is 4.07. The molecular weight excluding hydrogens is 1020 g/mol. The average molecular weight is 1060 g/mol. The second-order valence-corrected chi connectivity index (χ2v) is 18.8. The van der Waals surface area contributed by atoms with Crippen molar-refractivity contribution in [3.8, 4) is 178 Å². The Labute approximate surface area is 416 Å². The van der Waals surface area contributed by atoms with E-state index in [1.807, 2.05) is 60.7 Å². The van der Waals surface area contributed by atoms with E-state index in [2.05, 4.69) is 123 Å². The molecule has 14 heteroatoms. The Bertz CT molecular complexity index is 2870. The van der Waals surface area contributed by atoms with Crippen LogP contribution in [0.25, 0.3) is 0 Å².